The van der Waals surface area contributed by atoms with Gasteiger partial charge in [-0.15, -0.1) is 0 Å². The minimum atomic E-state index is -0.511. The molecule has 0 spiro atoms. The zero-order valence-electron chi connectivity index (χ0n) is 10.7. The van der Waals surface area contributed by atoms with Gasteiger partial charge in [-0.3, -0.25) is 4.79 Å². The summed E-state index contributed by atoms with van der Waals surface area (Å²) in [6.45, 7) is 7.54. The summed E-state index contributed by atoms with van der Waals surface area (Å²) in [6.07, 6.45) is 0. The fraction of sp³-hybridized carbons (Fsp3) is 0.429. The van der Waals surface area contributed by atoms with E-state index < -0.39 is 11.4 Å². The van der Waals surface area contributed by atoms with Crippen LogP contribution in [0.25, 0.3) is 0 Å². The minimum Gasteiger partial charge on any atom is -0.462 e. The molecule has 0 aliphatic heterocycles. The van der Waals surface area contributed by atoms with Gasteiger partial charge >= 0.3 is 5.97 Å². The van der Waals surface area contributed by atoms with Gasteiger partial charge in [0.1, 0.15) is 0 Å². The normalized spacial score (nSPS) is 11.1. The van der Waals surface area contributed by atoms with Crippen LogP contribution in [0.2, 0.25) is 0 Å². The summed E-state index contributed by atoms with van der Waals surface area (Å²) in [5.41, 5.74) is 0.260. The maximum atomic E-state index is 12.2. The Morgan fingerprint density at radius 3 is 2.12 bits per heavy atom. The van der Waals surface area contributed by atoms with Crippen LogP contribution in [0.4, 0.5) is 0 Å². The zero-order chi connectivity index (χ0) is 13.1. The van der Waals surface area contributed by atoms with Crippen LogP contribution in [0.15, 0.2) is 24.3 Å². The standard InChI is InChI=1S/C14H18O3/c1-5-17-13(16)11-9-7-6-8-10(11)12(15)14(2,3)4/h6-9H,5H2,1-4H3. The third-order valence-electron chi connectivity index (χ3n) is 2.35. The first-order valence-electron chi connectivity index (χ1n) is 5.69. The number of benzene rings is 1. The van der Waals surface area contributed by atoms with E-state index in [0.29, 0.717) is 17.7 Å². The Balaban J connectivity index is 3.17. The molecule has 0 unspecified atom stereocenters. The SMILES string of the molecule is CCOC(=O)c1ccccc1C(=O)C(C)(C)C. The first kappa shape index (κ1) is 13.4. The number of ether oxygens (including phenoxy) is 1. The van der Waals surface area contributed by atoms with Gasteiger partial charge in [-0.25, -0.2) is 4.79 Å². The molecule has 3 nitrogen and oxygen atoms in total. The monoisotopic (exact) mass is 234 g/mol. The maximum absolute atomic E-state index is 12.2. The molecule has 0 N–H and O–H groups in total. The summed E-state index contributed by atoms with van der Waals surface area (Å²) in [5, 5.41) is 0. The molecule has 0 bridgehead atoms. The number of rotatable bonds is 3. The molecule has 3 heteroatoms. The number of hydrogen-bond acceptors (Lipinski definition) is 3. The Hall–Kier alpha value is -1.64. The molecule has 1 aromatic rings. The van der Waals surface area contributed by atoms with E-state index >= 15 is 0 Å². The Labute approximate surface area is 102 Å². The van der Waals surface area contributed by atoms with Crippen molar-refractivity contribution in [3.05, 3.63) is 35.4 Å². The molecule has 0 aliphatic carbocycles. The molecule has 1 rings (SSSR count). The van der Waals surface area contributed by atoms with Crippen molar-refractivity contribution in [1.29, 1.82) is 0 Å². The van der Waals surface area contributed by atoms with Crippen LogP contribution in [0.1, 0.15) is 48.4 Å². The second-order valence-corrected chi connectivity index (χ2v) is 4.85. The van der Waals surface area contributed by atoms with Gasteiger partial charge in [-0.2, -0.15) is 0 Å². The summed E-state index contributed by atoms with van der Waals surface area (Å²) >= 11 is 0. The first-order valence-corrected chi connectivity index (χ1v) is 5.69. The molecule has 0 radical (unpaired) electrons. The van der Waals surface area contributed by atoms with E-state index in [2.05, 4.69) is 0 Å². The summed E-state index contributed by atoms with van der Waals surface area (Å²) < 4.78 is 4.94. The van der Waals surface area contributed by atoms with Gasteiger partial charge in [0.25, 0.3) is 0 Å². The molecule has 0 fully saturated rings. The Bertz CT molecular complexity index is 427. The third-order valence-corrected chi connectivity index (χ3v) is 2.35. The molecule has 0 amide bonds. The van der Waals surface area contributed by atoms with Crippen molar-refractivity contribution in [2.75, 3.05) is 6.61 Å². The molecule has 1 aromatic carbocycles. The van der Waals surface area contributed by atoms with E-state index in [9.17, 15) is 9.59 Å². The van der Waals surface area contributed by atoms with E-state index in [0.717, 1.165) is 0 Å². The molecular formula is C14H18O3. The van der Waals surface area contributed by atoms with Crippen molar-refractivity contribution in [3.8, 4) is 0 Å². The lowest BCUT2D eigenvalue weighted by molar-refractivity contribution is 0.0521. The summed E-state index contributed by atoms with van der Waals surface area (Å²) in [7, 11) is 0. The van der Waals surface area contributed by atoms with E-state index in [1.165, 1.54) is 0 Å². The molecule has 0 atom stereocenters. The van der Waals surface area contributed by atoms with Crippen LogP contribution >= 0.6 is 0 Å². The topological polar surface area (TPSA) is 43.4 Å². The lowest BCUT2D eigenvalue weighted by Crippen LogP contribution is -2.23. The van der Waals surface area contributed by atoms with Crippen LogP contribution in [-0.4, -0.2) is 18.4 Å². The van der Waals surface area contributed by atoms with Crippen molar-refractivity contribution in [1.82, 2.24) is 0 Å². The molecule has 0 saturated heterocycles. The quantitative estimate of drug-likeness (QED) is 0.596. The molecule has 0 aromatic heterocycles. The Morgan fingerprint density at radius 1 is 1.12 bits per heavy atom. The smallest absolute Gasteiger partial charge is 0.338 e. The van der Waals surface area contributed by atoms with Crippen LogP contribution in [-0.2, 0) is 4.74 Å². The van der Waals surface area contributed by atoms with E-state index in [4.69, 9.17) is 4.74 Å². The number of carbonyl (C=O) groups excluding carboxylic acids is 2. The summed E-state index contributed by atoms with van der Waals surface area (Å²) in [5.74, 6) is -0.498. The second kappa shape index (κ2) is 5.13. The van der Waals surface area contributed by atoms with Crippen LogP contribution in [0.3, 0.4) is 0 Å². The molecule has 0 saturated carbocycles. The molecule has 0 aliphatic rings. The van der Waals surface area contributed by atoms with E-state index in [1.54, 1.807) is 31.2 Å². The number of Topliss-reactive ketones (excluding diaryl/α,β-unsaturated/α-hetero) is 1. The highest BCUT2D eigenvalue weighted by atomic mass is 16.5. The van der Waals surface area contributed by atoms with Gasteiger partial charge in [0.2, 0.25) is 0 Å². The van der Waals surface area contributed by atoms with Gasteiger partial charge in [-0.1, -0.05) is 39.0 Å². The second-order valence-electron chi connectivity index (χ2n) is 4.85. The molecule has 0 heterocycles. The average Bonchev–Trinajstić information content (AvgIpc) is 2.27. The first-order chi connectivity index (χ1) is 7.88. The van der Waals surface area contributed by atoms with Crippen molar-refractivity contribution in [2.45, 2.75) is 27.7 Å². The predicted molar refractivity (Wildman–Crippen MR) is 66.2 cm³/mol. The van der Waals surface area contributed by atoms with Gasteiger partial charge < -0.3 is 4.74 Å². The van der Waals surface area contributed by atoms with Crippen LogP contribution in [0.5, 0.6) is 0 Å². The van der Waals surface area contributed by atoms with E-state index in [1.807, 2.05) is 20.8 Å². The molecular weight excluding hydrogens is 216 g/mol. The van der Waals surface area contributed by atoms with Gasteiger partial charge in [0, 0.05) is 11.0 Å². The van der Waals surface area contributed by atoms with Gasteiger partial charge in [0.05, 0.1) is 12.2 Å². The molecule has 17 heavy (non-hydrogen) atoms. The van der Waals surface area contributed by atoms with Crippen LogP contribution < -0.4 is 0 Å². The fourth-order valence-corrected chi connectivity index (χ4v) is 1.47. The van der Waals surface area contributed by atoms with Gasteiger partial charge in [-0.05, 0) is 13.0 Å². The van der Waals surface area contributed by atoms with Crippen molar-refractivity contribution in [2.24, 2.45) is 5.41 Å². The summed E-state index contributed by atoms with van der Waals surface area (Å²) in [6, 6.07) is 6.77. The van der Waals surface area contributed by atoms with Crippen LogP contribution in [0, 0.1) is 5.41 Å². The third kappa shape index (κ3) is 3.16. The van der Waals surface area contributed by atoms with Crippen molar-refractivity contribution < 1.29 is 14.3 Å². The highest BCUT2D eigenvalue weighted by Gasteiger charge is 2.27. The van der Waals surface area contributed by atoms with Crippen molar-refractivity contribution >= 4 is 11.8 Å². The lowest BCUT2D eigenvalue weighted by Gasteiger charge is -2.18. The predicted octanol–water partition coefficient (Wildman–Crippen LogP) is 3.09. The zero-order valence-corrected chi connectivity index (χ0v) is 10.7. The maximum Gasteiger partial charge on any atom is 0.338 e. The fourth-order valence-electron chi connectivity index (χ4n) is 1.47. The molecule has 92 valence electrons. The Morgan fingerprint density at radius 2 is 1.65 bits per heavy atom. The Kier molecular flexibility index (Phi) is 4.05. The van der Waals surface area contributed by atoms with E-state index in [-0.39, 0.29) is 5.78 Å². The number of carbonyl (C=O) groups is 2. The number of esters is 1. The van der Waals surface area contributed by atoms with Gasteiger partial charge in [0.15, 0.2) is 5.78 Å². The highest BCUT2D eigenvalue weighted by Crippen LogP contribution is 2.23. The largest absolute Gasteiger partial charge is 0.462 e. The number of hydrogen-bond donors (Lipinski definition) is 0. The number of ketones is 1. The lowest BCUT2D eigenvalue weighted by atomic mass is 9.85. The minimum absolute atomic E-state index is 0.0545. The van der Waals surface area contributed by atoms with Crippen molar-refractivity contribution in [3.63, 3.8) is 0 Å². The average molecular weight is 234 g/mol. The summed E-state index contributed by atoms with van der Waals surface area (Å²) in [4.78, 5) is 23.9. The highest BCUT2D eigenvalue weighted by molar-refractivity contribution is 6.08.